The molecule has 0 radical (unpaired) electrons. The van der Waals surface area contributed by atoms with Crippen LogP contribution in [0.5, 0.6) is 0 Å². The summed E-state index contributed by atoms with van der Waals surface area (Å²) in [6.45, 7) is 10.9. The maximum Gasteiger partial charge on any atom is 1.00 e. The van der Waals surface area contributed by atoms with Crippen LogP contribution in [0.15, 0.2) is 48.5 Å². The molecule has 2 rings (SSSR count). The molecule has 1 nitrogen and oxygen atoms in total. The first-order valence-electron chi connectivity index (χ1n) is 7.32. The molecule has 0 amide bonds. The number of anilines is 1. The second kappa shape index (κ2) is 7.73. The summed E-state index contributed by atoms with van der Waals surface area (Å²) in [5.41, 5.74) is 4.06. The largest absolute Gasteiger partial charge is 1.00 e. The summed E-state index contributed by atoms with van der Waals surface area (Å²) in [5, 5.41) is 0. The first kappa shape index (κ1) is 17.9. The second-order valence-electron chi connectivity index (χ2n) is 6.21. The summed E-state index contributed by atoms with van der Waals surface area (Å²) in [6, 6.07) is 20.5. The second-order valence-corrected chi connectivity index (χ2v) is 6.21. The number of benzene rings is 2. The van der Waals surface area contributed by atoms with Gasteiger partial charge in [-0.15, -0.1) is 6.07 Å². The van der Waals surface area contributed by atoms with Crippen LogP contribution < -0.4 is 23.8 Å². The van der Waals surface area contributed by atoms with Gasteiger partial charge in [0.05, 0.1) is 0 Å². The summed E-state index contributed by atoms with van der Waals surface area (Å²) in [5.74, 6) is 0. The maximum atomic E-state index is 3.38. The van der Waals surface area contributed by atoms with Crippen molar-refractivity contribution < 1.29 is 18.9 Å². The fourth-order valence-corrected chi connectivity index (χ4v) is 2.27. The van der Waals surface area contributed by atoms with Crippen molar-refractivity contribution in [2.45, 2.75) is 39.7 Å². The average molecular weight is 273 g/mol. The molecule has 0 fully saturated rings. The molecule has 106 valence electrons. The van der Waals surface area contributed by atoms with E-state index in [1.54, 1.807) is 0 Å². The van der Waals surface area contributed by atoms with Crippen LogP contribution in [0, 0.1) is 6.07 Å². The summed E-state index contributed by atoms with van der Waals surface area (Å²) < 4.78 is 0. The van der Waals surface area contributed by atoms with E-state index in [0.717, 1.165) is 13.1 Å². The van der Waals surface area contributed by atoms with Gasteiger partial charge in [-0.2, -0.15) is 23.8 Å². The third kappa shape index (κ3) is 4.95. The number of hydrogen-bond acceptors (Lipinski definition) is 1. The van der Waals surface area contributed by atoms with E-state index >= 15 is 0 Å². The standard InChI is InChI=1S/C19H24N.Li/c1-5-20(15-16-10-7-6-8-11-16)18-13-9-12-17(14-18)19(2,3)4;/h6-12,14H,5,15H2,1-4H3;/q-1;+1. The molecule has 2 aromatic rings. The zero-order valence-electron chi connectivity index (χ0n) is 14.0. The monoisotopic (exact) mass is 273 g/mol. The molecule has 21 heavy (non-hydrogen) atoms. The van der Waals surface area contributed by atoms with Crippen molar-refractivity contribution in [2.24, 2.45) is 0 Å². The van der Waals surface area contributed by atoms with Gasteiger partial charge in [0, 0.05) is 13.1 Å². The zero-order valence-corrected chi connectivity index (χ0v) is 14.0. The minimum absolute atomic E-state index is 0. The molecule has 0 saturated carbocycles. The number of rotatable bonds is 4. The van der Waals surface area contributed by atoms with Crippen LogP contribution >= 0.6 is 0 Å². The number of nitrogens with zero attached hydrogens (tertiary/aromatic N) is 1. The van der Waals surface area contributed by atoms with E-state index < -0.39 is 0 Å². The van der Waals surface area contributed by atoms with Crippen LogP contribution in [0.25, 0.3) is 0 Å². The van der Waals surface area contributed by atoms with Crippen LogP contribution in [-0.4, -0.2) is 6.54 Å². The Hall–Kier alpha value is -1.16. The molecule has 0 aliphatic carbocycles. The maximum absolute atomic E-state index is 3.38. The molecule has 0 heterocycles. The Morgan fingerprint density at radius 2 is 1.71 bits per heavy atom. The van der Waals surface area contributed by atoms with E-state index in [2.05, 4.69) is 81.1 Å². The van der Waals surface area contributed by atoms with Gasteiger partial charge in [-0.3, -0.25) is 0 Å². The topological polar surface area (TPSA) is 3.24 Å². The molecule has 0 spiro atoms. The predicted octanol–water partition coefficient (Wildman–Crippen LogP) is 1.81. The Bertz CT molecular complexity index is 543. The van der Waals surface area contributed by atoms with E-state index in [0.29, 0.717) is 0 Å². The van der Waals surface area contributed by atoms with E-state index in [1.807, 2.05) is 6.07 Å². The first-order chi connectivity index (χ1) is 9.50. The quantitative estimate of drug-likeness (QED) is 0.607. The van der Waals surface area contributed by atoms with Crippen LogP contribution in [0.2, 0.25) is 0 Å². The predicted molar refractivity (Wildman–Crippen MR) is 87.1 cm³/mol. The van der Waals surface area contributed by atoms with Gasteiger partial charge in [-0.05, 0) is 17.9 Å². The van der Waals surface area contributed by atoms with Crippen LogP contribution in [0.1, 0.15) is 38.8 Å². The van der Waals surface area contributed by atoms with Crippen LogP contribution in [-0.2, 0) is 12.0 Å². The third-order valence-corrected chi connectivity index (χ3v) is 3.59. The molecule has 2 heteroatoms. The normalized spacial score (nSPS) is 10.9. The van der Waals surface area contributed by atoms with Gasteiger partial charge in [0.25, 0.3) is 0 Å². The molecule has 0 N–H and O–H groups in total. The van der Waals surface area contributed by atoms with E-state index in [9.17, 15) is 0 Å². The average Bonchev–Trinajstić information content (AvgIpc) is 2.45. The summed E-state index contributed by atoms with van der Waals surface area (Å²) in [6.07, 6.45) is 0. The molecule has 0 unspecified atom stereocenters. The molecule has 0 bridgehead atoms. The van der Waals surface area contributed by atoms with Gasteiger partial charge in [0.1, 0.15) is 0 Å². The molecule has 0 aliphatic heterocycles. The van der Waals surface area contributed by atoms with Crippen molar-refractivity contribution in [3.63, 3.8) is 0 Å². The summed E-state index contributed by atoms with van der Waals surface area (Å²) >= 11 is 0. The van der Waals surface area contributed by atoms with Gasteiger partial charge in [0.2, 0.25) is 0 Å². The fraction of sp³-hybridized carbons (Fsp3) is 0.368. The number of hydrogen-bond donors (Lipinski definition) is 0. The van der Waals surface area contributed by atoms with Gasteiger partial charge >= 0.3 is 18.9 Å². The van der Waals surface area contributed by atoms with Crippen molar-refractivity contribution in [2.75, 3.05) is 11.4 Å². The molecule has 2 aromatic carbocycles. The molecular formula is C19H24LiN. The van der Waals surface area contributed by atoms with Crippen molar-refractivity contribution in [1.29, 1.82) is 0 Å². The van der Waals surface area contributed by atoms with E-state index in [1.165, 1.54) is 16.8 Å². The van der Waals surface area contributed by atoms with Crippen molar-refractivity contribution in [3.8, 4) is 0 Å². The van der Waals surface area contributed by atoms with Crippen LogP contribution in [0.3, 0.4) is 0 Å². The Labute approximate surface area is 141 Å². The van der Waals surface area contributed by atoms with E-state index in [4.69, 9.17) is 0 Å². The Morgan fingerprint density at radius 1 is 1.05 bits per heavy atom. The first-order valence-corrected chi connectivity index (χ1v) is 7.32. The van der Waals surface area contributed by atoms with Crippen molar-refractivity contribution in [1.82, 2.24) is 0 Å². The minimum atomic E-state index is 0. The molecular weight excluding hydrogens is 249 g/mol. The van der Waals surface area contributed by atoms with Crippen molar-refractivity contribution >= 4 is 5.69 Å². The molecule has 0 atom stereocenters. The van der Waals surface area contributed by atoms with Gasteiger partial charge in [-0.1, -0.05) is 56.8 Å². The van der Waals surface area contributed by atoms with Gasteiger partial charge < -0.3 is 4.90 Å². The Balaban J connectivity index is 0.00000220. The zero-order chi connectivity index (χ0) is 14.6. The summed E-state index contributed by atoms with van der Waals surface area (Å²) in [7, 11) is 0. The fourth-order valence-electron chi connectivity index (χ4n) is 2.27. The summed E-state index contributed by atoms with van der Waals surface area (Å²) in [4.78, 5) is 2.37. The third-order valence-electron chi connectivity index (χ3n) is 3.59. The molecule has 0 aliphatic rings. The van der Waals surface area contributed by atoms with Crippen molar-refractivity contribution in [3.05, 3.63) is 65.7 Å². The minimum Gasteiger partial charge on any atom is -0.390 e. The SMILES string of the molecule is CCN(Cc1ccccc1)c1[c-]ccc(C(C)(C)C)c1.[Li+]. The van der Waals surface area contributed by atoms with Crippen LogP contribution in [0.4, 0.5) is 5.69 Å². The molecule has 0 aromatic heterocycles. The van der Waals surface area contributed by atoms with Gasteiger partial charge in [0.15, 0.2) is 0 Å². The van der Waals surface area contributed by atoms with Gasteiger partial charge in [-0.25, -0.2) is 0 Å². The Morgan fingerprint density at radius 3 is 2.29 bits per heavy atom. The Kier molecular flexibility index (Phi) is 6.59. The molecule has 0 saturated heterocycles. The smallest absolute Gasteiger partial charge is 0.390 e. The van der Waals surface area contributed by atoms with E-state index in [-0.39, 0.29) is 24.3 Å².